The number of aromatic nitrogens is 4. The molecule has 7 nitrogen and oxygen atoms in total. The molecule has 0 spiro atoms. The smallest absolute Gasteiger partial charge is 0.435 e. The van der Waals surface area contributed by atoms with Crippen LogP contribution in [0, 0.1) is 0 Å². The van der Waals surface area contributed by atoms with E-state index in [9.17, 15) is 13.2 Å². The minimum absolute atomic E-state index is 0.199. The van der Waals surface area contributed by atoms with Gasteiger partial charge in [0.2, 0.25) is 0 Å². The number of halogens is 3. The van der Waals surface area contributed by atoms with E-state index in [0.29, 0.717) is 30.5 Å². The average molecular weight is 468 g/mol. The van der Waals surface area contributed by atoms with Gasteiger partial charge in [0.1, 0.15) is 17.1 Å². The molecule has 1 atom stereocenters. The molecule has 1 fully saturated rings. The molecule has 0 amide bonds. The molecular weight excluding hydrogens is 445 g/mol. The Labute approximate surface area is 194 Å². The van der Waals surface area contributed by atoms with Crippen molar-refractivity contribution in [3.05, 3.63) is 65.2 Å². The zero-order valence-corrected chi connectivity index (χ0v) is 18.5. The summed E-state index contributed by atoms with van der Waals surface area (Å²) in [6.45, 7) is 4.90. The van der Waals surface area contributed by atoms with Gasteiger partial charge in [0.15, 0.2) is 5.69 Å². The third-order valence-corrected chi connectivity index (χ3v) is 6.11. The number of benzene rings is 1. The van der Waals surface area contributed by atoms with Crippen LogP contribution in [0.3, 0.4) is 0 Å². The number of alkyl halides is 3. The standard InChI is InChI=1S/C24H23F3N6O/c1-28-20(19-10-16(7-8-29-19)22-23(24(25,26)27)31-32-30-22)12-33(2)11-17-13-34-21-6-5-15(9-18(17)21)14-3-4-14/h5-10,12,14,17H,1,3-4,11,13H2,2H3,(H,30,31,32)/b20-12-/t17-/m1/s1. The lowest BCUT2D eigenvalue weighted by Crippen LogP contribution is -2.21. The number of rotatable bonds is 7. The number of likely N-dealkylation sites (N-methyl/N-ethyl adjacent to an activating group) is 1. The Morgan fingerprint density at radius 3 is 2.85 bits per heavy atom. The van der Waals surface area contributed by atoms with Gasteiger partial charge in [0.25, 0.3) is 0 Å². The molecule has 1 aromatic carbocycles. The van der Waals surface area contributed by atoms with E-state index in [-0.39, 0.29) is 17.2 Å². The second-order valence-electron chi connectivity index (χ2n) is 8.65. The first kappa shape index (κ1) is 22.1. The Balaban J connectivity index is 1.36. The van der Waals surface area contributed by atoms with Crippen LogP contribution in [0.5, 0.6) is 5.75 Å². The monoisotopic (exact) mass is 468 g/mol. The van der Waals surface area contributed by atoms with Gasteiger partial charge in [-0.05, 0) is 49.2 Å². The van der Waals surface area contributed by atoms with Crippen LogP contribution in [0.2, 0.25) is 0 Å². The van der Waals surface area contributed by atoms with Crippen molar-refractivity contribution in [2.75, 3.05) is 20.2 Å². The Kier molecular flexibility index (Phi) is 5.59. The van der Waals surface area contributed by atoms with Crippen LogP contribution in [0.1, 0.15) is 47.2 Å². The lowest BCUT2D eigenvalue weighted by Gasteiger charge is -2.20. The molecule has 1 saturated carbocycles. The summed E-state index contributed by atoms with van der Waals surface area (Å²) in [6.07, 6.45) is 1.09. The molecule has 1 N–H and O–H groups in total. The maximum absolute atomic E-state index is 13.3. The Morgan fingerprint density at radius 2 is 2.12 bits per heavy atom. The molecule has 3 heterocycles. The molecule has 3 aromatic rings. The zero-order valence-electron chi connectivity index (χ0n) is 18.5. The first-order valence-corrected chi connectivity index (χ1v) is 10.9. The second kappa shape index (κ2) is 8.58. The van der Waals surface area contributed by atoms with Gasteiger partial charge in [-0.2, -0.15) is 13.2 Å². The van der Waals surface area contributed by atoms with E-state index in [2.05, 4.69) is 45.2 Å². The molecule has 0 bridgehead atoms. The number of aliphatic imine (C=N–C) groups is 1. The molecule has 0 saturated heterocycles. The summed E-state index contributed by atoms with van der Waals surface area (Å²) in [6, 6.07) is 9.42. The van der Waals surface area contributed by atoms with Gasteiger partial charge < -0.3 is 9.64 Å². The van der Waals surface area contributed by atoms with E-state index in [1.54, 1.807) is 6.20 Å². The molecule has 176 valence electrons. The number of hydrogen-bond acceptors (Lipinski definition) is 6. The topological polar surface area (TPSA) is 79.3 Å². The number of nitrogens with one attached hydrogen (secondary N) is 1. The van der Waals surface area contributed by atoms with E-state index in [1.807, 2.05) is 17.0 Å². The van der Waals surface area contributed by atoms with Crippen LogP contribution in [-0.2, 0) is 6.18 Å². The highest BCUT2D eigenvalue weighted by Crippen LogP contribution is 2.44. The van der Waals surface area contributed by atoms with Gasteiger partial charge in [-0.15, -0.1) is 5.10 Å². The summed E-state index contributed by atoms with van der Waals surface area (Å²) >= 11 is 0. The molecular formula is C24H23F3N6O. The highest BCUT2D eigenvalue weighted by atomic mass is 19.4. The number of hydrogen-bond donors (Lipinski definition) is 1. The van der Waals surface area contributed by atoms with E-state index in [1.165, 1.54) is 42.3 Å². The van der Waals surface area contributed by atoms with Crippen LogP contribution in [0.25, 0.3) is 17.0 Å². The van der Waals surface area contributed by atoms with Gasteiger partial charge in [0.05, 0.1) is 12.3 Å². The van der Waals surface area contributed by atoms with Gasteiger partial charge >= 0.3 is 6.18 Å². The summed E-state index contributed by atoms with van der Waals surface area (Å²) in [5.74, 6) is 1.79. The van der Waals surface area contributed by atoms with Crippen LogP contribution < -0.4 is 4.74 Å². The molecule has 2 aromatic heterocycles. The van der Waals surface area contributed by atoms with E-state index in [4.69, 9.17) is 4.74 Å². The third-order valence-electron chi connectivity index (χ3n) is 6.11. The fourth-order valence-corrected chi connectivity index (χ4v) is 4.26. The van der Waals surface area contributed by atoms with Gasteiger partial charge in [-0.1, -0.05) is 17.3 Å². The Hall–Kier alpha value is -3.69. The number of nitrogens with zero attached hydrogens (tertiary/aromatic N) is 5. The summed E-state index contributed by atoms with van der Waals surface area (Å²) in [5, 5.41) is 8.85. The Bertz CT molecular complexity index is 1250. The first-order valence-electron chi connectivity index (χ1n) is 10.9. The zero-order chi connectivity index (χ0) is 23.9. The van der Waals surface area contributed by atoms with Crippen molar-refractivity contribution >= 4 is 12.4 Å². The van der Waals surface area contributed by atoms with E-state index >= 15 is 0 Å². The van der Waals surface area contributed by atoms with Crippen LogP contribution in [0.15, 0.2) is 47.7 Å². The average Bonchev–Trinajstić information content (AvgIpc) is 3.40. The number of aromatic amines is 1. The number of pyridine rings is 1. The minimum atomic E-state index is -4.60. The highest BCUT2D eigenvalue weighted by molar-refractivity contribution is 5.70. The van der Waals surface area contributed by atoms with Crippen LogP contribution in [-0.4, -0.2) is 52.2 Å². The predicted molar refractivity (Wildman–Crippen MR) is 121 cm³/mol. The molecule has 0 unspecified atom stereocenters. The highest BCUT2D eigenvalue weighted by Gasteiger charge is 2.37. The summed E-state index contributed by atoms with van der Waals surface area (Å²) in [7, 11) is 1.91. The minimum Gasteiger partial charge on any atom is -0.493 e. The van der Waals surface area contributed by atoms with Gasteiger partial charge in [-0.3, -0.25) is 15.1 Å². The summed E-state index contributed by atoms with van der Waals surface area (Å²) < 4.78 is 45.6. The van der Waals surface area contributed by atoms with Gasteiger partial charge in [0, 0.05) is 43.0 Å². The largest absolute Gasteiger partial charge is 0.493 e. The van der Waals surface area contributed by atoms with Crippen LogP contribution >= 0.6 is 0 Å². The lowest BCUT2D eigenvalue weighted by molar-refractivity contribution is -0.140. The van der Waals surface area contributed by atoms with E-state index < -0.39 is 11.9 Å². The van der Waals surface area contributed by atoms with Crippen molar-refractivity contribution in [2.24, 2.45) is 4.99 Å². The number of fused-ring (bicyclic) bond motifs is 1. The second-order valence-corrected chi connectivity index (χ2v) is 8.65. The molecule has 34 heavy (non-hydrogen) atoms. The maximum Gasteiger partial charge on any atom is 0.435 e. The van der Waals surface area contributed by atoms with Crippen LogP contribution in [0.4, 0.5) is 13.2 Å². The maximum atomic E-state index is 13.3. The molecule has 1 aliphatic carbocycles. The van der Waals surface area contributed by atoms with E-state index in [0.717, 1.165) is 5.75 Å². The molecule has 10 heteroatoms. The Morgan fingerprint density at radius 1 is 1.29 bits per heavy atom. The normalized spacial score (nSPS) is 17.9. The lowest BCUT2D eigenvalue weighted by atomic mass is 9.97. The van der Waals surface area contributed by atoms with Crippen molar-refractivity contribution in [1.29, 1.82) is 0 Å². The van der Waals surface area contributed by atoms with Crippen molar-refractivity contribution in [1.82, 2.24) is 25.3 Å². The number of ether oxygens (including phenoxy) is 1. The molecule has 1 aliphatic heterocycles. The van der Waals surface area contributed by atoms with Crippen molar-refractivity contribution in [3.63, 3.8) is 0 Å². The van der Waals surface area contributed by atoms with Gasteiger partial charge in [-0.25, -0.2) is 0 Å². The SMILES string of the molecule is C=N/C(=C\N(C)C[C@@H]1COc2ccc(C3CC3)cc21)c1cc(-c2nn[nH]c2C(F)(F)F)ccn1. The summed E-state index contributed by atoms with van der Waals surface area (Å²) in [5.41, 5.74) is 2.33. The third kappa shape index (κ3) is 4.40. The molecule has 2 aliphatic rings. The predicted octanol–water partition coefficient (Wildman–Crippen LogP) is 4.87. The first-order chi connectivity index (χ1) is 16.3. The van der Waals surface area contributed by atoms with Crippen molar-refractivity contribution in [3.8, 4) is 17.0 Å². The molecule has 5 rings (SSSR count). The summed E-state index contributed by atoms with van der Waals surface area (Å²) in [4.78, 5) is 10.3. The fourth-order valence-electron chi connectivity index (χ4n) is 4.26. The number of H-pyrrole nitrogens is 1. The van der Waals surface area contributed by atoms with Crippen molar-refractivity contribution in [2.45, 2.75) is 30.9 Å². The fraction of sp³-hybridized carbons (Fsp3) is 0.333. The molecule has 0 radical (unpaired) electrons. The quantitative estimate of drug-likeness (QED) is 0.501. The van der Waals surface area contributed by atoms with Crippen molar-refractivity contribution < 1.29 is 17.9 Å².